The number of hydrogen-bond acceptors (Lipinski definition) is 0. The van der Waals surface area contributed by atoms with E-state index in [0.717, 1.165) is 19.3 Å². The Hall–Kier alpha value is 0.506. The monoisotopic (exact) mass is 230 g/mol. The SMILES string of the molecule is [CH2-]CCC.[CH2-]CCC.[CH2-]CCC.[Co+3]. The average molecular weight is 230 g/mol. The Morgan fingerprint density at radius 3 is 0.692 bits per heavy atom. The van der Waals surface area contributed by atoms with Gasteiger partial charge in [-0.2, -0.15) is 19.3 Å². The first-order valence-electron chi connectivity index (χ1n) is 5.12. The van der Waals surface area contributed by atoms with E-state index < -0.39 is 0 Å². The van der Waals surface area contributed by atoms with E-state index >= 15 is 0 Å². The summed E-state index contributed by atoms with van der Waals surface area (Å²) in [6.07, 6.45) is 6.83. The van der Waals surface area contributed by atoms with Crippen molar-refractivity contribution in [3.63, 3.8) is 0 Å². The zero-order valence-corrected chi connectivity index (χ0v) is 10.7. The molecule has 0 bridgehead atoms. The molecule has 0 rings (SSSR count). The maximum Gasteiger partial charge on any atom is 3.00 e. The third-order valence-corrected chi connectivity index (χ3v) is 1.06. The topological polar surface area (TPSA) is 0 Å². The van der Waals surface area contributed by atoms with E-state index in [1.807, 2.05) is 0 Å². The summed E-state index contributed by atoms with van der Waals surface area (Å²) >= 11 is 0. The van der Waals surface area contributed by atoms with Gasteiger partial charge in [-0.15, -0.1) is 0 Å². The van der Waals surface area contributed by atoms with Crippen molar-refractivity contribution in [2.24, 2.45) is 0 Å². The van der Waals surface area contributed by atoms with Gasteiger partial charge in [0.15, 0.2) is 0 Å². The van der Waals surface area contributed by atoms with Crippen molar-refractivity contribution in [2.45, 2.75) is 59.3 Å². The van der Waals surface area contributed by atoms with Gasteiger partial charge in [-0.05, 0) is 0 Å². The summed E-state index contributed by atoms with van der Waals surface area (Å²) in [4.78, 5) is 0. The van der Waals surface area contributed by atoms with Crippen LogP contribution in [-0.4, -0.2) is 0 Å². The van der Waals surface area contributed by atoms with Crippen molar-refractivity contribution >= 4 is 0 Å². The van der Waals surface area contributed by atoms with Gasteiger partial charge in [0.25, 0.3) is 0 Å². The third-order valence-electron chi connectivity index (χ3n) is 1.06. The summed E-state index contributed by atoms with van der Waals surface area (Å²) in [5, 5.41) is 0. The van der Waals surface area contributed by atoms with Gasteiger partial charge in [-0.3, -0.25) is 0 Å². The molecule has 0 aromatic heterocycles. The fourth-order valence-corrected chi connectivity index (χ4v) is 0. The number of rotatable bonds is 3. The van der Waals surface area contributed by atoms with Crippen molar-refractivity contribution in [1.82, 2.24) is 0 Å². The minimum Gasteiger partial charge on any atom is -0.343 e. The van der Waals surface area contributed by atoms with E-state index in [2.05, 4.69) is 41.5 Å². The molecule has 0 aliphatic rings. The normalized spacial score (nSPS) is 6.92. The molecule has 0 aromatic carbocycles. The van der Waals surface area contributed by atoms with Crippen LogP contribution in [0.4, 0.5) is 0 Å². The van der Waals surface area contributed by atoms with Crippen LogP contribution >= 0.6 is 0 Å². The van der Waals surface area contributed by atoms with Gasteiger partial charge in [-0.1, -0.05) is 40.0 Å². The van der Waals surface area contributed by atoms with Crippen molar-refractivity contribution in [3.05, 3.63) is 20.8 Å². The molecule has 0 saturated heterocycles. The second kappa shape index (κ2) is 39.1. The van der Waals surface area contributed by atoms with E-state index in [1.165, 1.54) is 19.3 Å². The molecule has 0 radical (unpaired) electrons. The van der Waals surface area contributed by atoms with E-state index in [0.29, 0.717) is 0 Å². The quantitative estimate of drug-likeness (QED) is 0.607. The van der Waals surface area contributed by atoms with Crippen LogP contribution in [0.1, 0.15) is 59.3 Å². The molecule has 0 N–H and O–H groups in total. The Morgan fingerprint density at radius 2 is 0.692 bits per heavy atom. The van der Waals surface area contributed by atoms with Gasteiger partial charge in [0.1, 0.15) is 0 Å². The molecule has 0 unspecified atom stereocenters. The molecule has 0 heterocycles. The summed E-state index contributed by atoms with van der Waals surface area (Å²) in [6, 6.07) is 0. The first kappa shape index (κ1) is 23.4. The summed E-state index contributed by atoms with van der Waals surface area (Å²) in [5.41, 5.74) is 0. The van der Waals surface area contributed by atoms with Gasteiger partial charge in [0.05, 0.1) is 0 Å². The van der Waals surface area contributed by atoms with Crippen LogP contribution in [0.15, 0.2) is 0 Å². The molecule has 0 aromatic rings. The summed E-state index contributed by atoms with van der Waals surface area (Å²) < 4.78 is 0. The van der Waals surface area contributed by atoms with Crippen molar-refractivity contribution in [3.8, 4) is 0 Å². The number of hydrogen-bond donors (Lipinski definition) is 0. The van der Waals surface area contributed by atoms with Crippen LogP contribution in [0.2, 0.25) is 0 Å². The number of unbranched alkanes of at least 4 members (excludes halogenated alkanes) is 3. The molecule has 0 fully saturated rings. The fourth-order valence-electron chi connectivity index (χ4n) is 0. The molecule has 0 nitrogen and oxygen atoms in total. The van der Waals surface area contributed by atoms with Crippen LogP contribution in [0.3, 0.4) is 0 Å². The molecule has 0 spiro atoms. The first-order valence-corrected chi connectivity index (χ1v) is 5.12. The largest absolute Gasteiger partial charge is 3.00 e. The van der Waals surface area contributed by atoms with Crippen LogP contribution < -0.4 is 0 Å². The van der Waals surface area contributed by atoms with Gasteiger partial charge in [-0.25, -0.2) is 0 Å². The van der Waals surface area contributed by atoms with E-state index in [9.17, 15) is 0 Å². The van der Waals surface area contributed by atoms with Crippen molar-refractivity contribution in [1.29, 1.82) is 0 Å². The molecule has 0 saturated carbocycles. The van der Waals surface area contributed by atoms with Crippen molar-refractivity contribution < 1.29 is 16.8 Å². The standard InChI is InChI=1S/3C4H9.Co/c3*1-3-4-2;/h3*1,3-4H2,2H3;/q3*-1;+3. The van der Waals surface area contributed by atoms with Crippen LogP contribution in [0.25, 0.3) is 0 Å². The van der Waals surface area contributed by atoms with Gasteiger partial charge >= 0.3 is 16.8 Å². The predicted molar refractivity (Wildman–Crippen MR) is 60.8 cm³/mol. The van der Waals surface area contributed by atoms with Gasteiger partial charge in [0, 0.05) is 0 Å². The van der Waals surface area contributed by atoms with Gasteiger partial charge < -0.3 is 20.8 Å². The molecule has 13 heavy (non-hydrogen) atoms. The Kier molecular flexibility index (Phi) is 70.3. The Bertz CT molecular complexity index is 20.6. The Labute approximate surface area is 97.1 Å². The first-order chi connectivity index (χ1) is 5.74. The van der Waals surface area contributed by atoms with Crippen molar-refractivity contribution in [2.75, 3.05) is 0 Å². The molecule has 1 heteroatoms. The Balaban J connectivity index is -0.0000000450. The molecular formula is C12H27Co. The molecule has 0 aliphatic heterocycles. The fraction of sp³-hybridized carbons (Fsp3) is 0.750. The summed E-state index contributed by atoms with van der Waals surface area (Å²) in [5.74, 6) is 0. The second-order valence-corrected chi connectivity index (χ2v) is 2.56. The second-order valence-electron chi connectivity index (χ2n) is 2.56. The van der Waals surface area contributed by atoms with Crippen LogP contribution in [0, 0.1) is 20.8 Å². The maximum absolute atomic E-state index is 3.60. The minimum atomic E-state index is 0. The zero-order chi connectivity index (χ0) is 10.2. The minimum absolute atomic E-state index is 0. The van der Waals surface area contributed by atoms with Crippen LogP contribution in [-0.2, 0) is 16.8 Å². The third kappa shape index (κ3) is 112. The van der Waals surface area contributed by atoms with Crippen LogP contribution in [0.5, 0.6) is 0 Å². The van der Waals surface area contributed by atoms with E-state index in [-0.39, 0.29) is 16.8 Å². The Morgan fingerprint density at radius 1 is 0.615 bits per heavy atom. The molecular weight excluding hydrogens is 203 g/mol. The van der Waals surface area contributed by atoms with E-state index in [4.69, 9.17) is 0 Å². The van der Waals surface area contributed by atoms with E-state index in [1.54, 1.807) is 0 Å². The summed E-state index contributed by atoms with van der Waals surface area (Å²) in [7, 11) is 0. The molecule has 84 valence electrons. The maximum atomic E-state index is 3.60. The predicted octanol–water partition coefficient (Wildman–Crippen LogP) is 4.86. The smallest absolute Gasteiger partial charge is 0.343 e. The molecule has 0 aliphatic carbocycles. The van der Waals surface area contributed by atoms with Gasteiger partial charge in [0.2, 0.25) is 0 Å². The summed E-state index contributed by atoms with van der Waals surface area (Å²) in [6.45, 7) is 17.2. The molecule has 0 amide bonds. The zero-order valence-electron chi connectivity index (χ0n) is 9.70. The average Bonchev–Trinajstić information content (AvgIpc) is 2.18. The molecule has 0 atom stereocenters.